The Hall–Kier alpha value is -1.95. The zero-order valence-corrected chi connectivity index (χ0v) is 19.1. The van der Waals surface area contributed by atoms with Crippen LogP contribution in [0, 0.1) is 17.8 Å². The molecular formula is C25H36N4O2. The minimum atomic E-state index is 0.295. The van der Waals surface area contributed by atoms with Gasteiger partial charge in [0, 0.05) is 57.1 Å². The molecule has 0 aromatic carbocycles. The van der Waals surface area contributed by atoms with E-state index in [1.807, 2.05) is 19.4 Å². The molecule has 0 N–H and O–H groups in total. The van der Waals surface area contributed by atoms with Crippen molar-refractivity contribution in [2.24, 2.45) is 24.8 Å². The van der Waals surface area contributed by atoms with Gasteiger partial charge in [0.15, 0.2) is 0 Å². The molecule has 2 aromatic rings. The summed E-state index contributed by atoms with van der Waals surface area (Å²) in [4.78, 5) is 15.1. The van der Waals surface area contributed by atoms with Crippen molar-refractivity contribution in [2.75, 3.05) is 19.6 Å². The lowest BCUT2D eigenvalue weighted by molar-refractivity contribution is -0.119. The number of nitrogens with zero attached hydrogens (tertiary/aromatic N) is 4. The van der Waals surface area contributed by atoms with E-state index < -0.39 is 0 Å². The Morgan fingerprint density at radius 1 is 1.26 bits per heavy atom. The first-order chi connectivity index (χ1) is 15.0. The van der Waals surface area contributed by atoms with Gasteiger partial charge in [-0.1, -0.05) is 24.9 Å². The number of Topliss-reactive ketones (excluding diaryl/α,β-unsaturated/α-hetero) is 1. The SMILES string of the molecule is CCc1cc([C@]23C[C@H]2CN(CCC2CCC(CC(=O)Cc4cnn(C)c4)CC2)C3)no1. The lowest BCUT2D eigenvalue weighted by atomic mass is 9.78. The van der Waals surface area contributed by atoms with Crippen LogP contribution < -0.4 is 0 Å². The smallest absolute Gasteiger partial charge is 0.137 e. The van der Waals surface area contributed by atoms with Crippen LogP contribution in [0.15, 0.2) is 23.0 Å². The molecule has 2 aliphatic carbocycles. The summed E-state index contributed by atoms with van der Waals surface area (Å²) in [5.74, 6) is 3.59. The normalized spacial score (nSPS) is 30.5. The van der Waals surface area contributed by atoms with Crippen molar-refractivity contribution < 1.29 is 9.32 Å². The molecule has 3 fully saturated rings. The van der Waals surface area contributed by atoms with Gasteiger partial charge < -0.3 is 9.42 Å². The fourth-order valence-corrected chi connectivity index (χ4v) is 6.14. The number of hydrogen-bond acceptors (Lipinski definition) is 5. The lowest BCUT2D eigenvalue weighted by Gasteiger charge is -2.30. The summed E-state index contributed by atoms with van der Waals surface area (Å²) >= 11 is 0. The number of aromatic nitrogens is 3. The maximum Gasteiger partial charge on any atom is 0.137 e. The number of rotatable bonds is 9. The molecule has 2 aromatic heterocycles. The molecule has 6 heteroatoms. The molecule has 0 amide bonds. The van der Waals surface area contributed by atoms with Crippen molar-refractivity contribution in [1.29, 1.82) is 0 Å². The number of aryl methyl sites for hydroxylation is 2. The fourth-order valence-electron chi connectivity index (χ4n) is 6.14. The van der Waals surface area contributed by atoms with Gasteiger partial charge in [-0.3, -0.25) is 9.48 Å². The first kappa shape index (κ1) is 20.9. The third kappa shape index (κ3) is 4.50. The van der Waals surface area contributed by atoms with E-state index in [1.165, 1.54) is 57.3 Å². The molecular weight excluding hydrogens is 388 g/mol. The van der Waals surface area contributed by atoms with E-state index in [2.05, 4.69) is 28.1 Å². The van der Waals surface area contributed by atoms with Crippen molar-refractivity contribution in [3.05, 3.63) is 35.5 Å². The van der Waals surface area contributed by atoms with Gasteiger partial charge in [0.2, 0.25) is 0 Å². The molecule has 168 valence electrons. The number of ketones is 1. The van der Waals surface area contributed by atoms with Gasteiger partial charge in [-0.15, -0.1) is 0 Å². The van der Waals surface area contributed by atoms with Gasteiger partial charge in [0.1, 0.15) is 11.5 Å². The summed E-state index contributed by atoms with van der Waals surface area (Å²) in [5.41, 5.74) is 2.54. The summed E-state index contributed by atoms with van der Waals surface area (Å²) in [6.07, 6.45) is 13.6. The summed E-state index contributed by atoms with van der Waals surface area (Å²) in [5, 5.41) is 8.56. The van der Waals surface area contributed by atoms with E-state index in [1.54, 1.807) is 4.68 Å². The van der Waals surface area contributed by atoms with Crippen molar-refractivity contribution in [1.82, 2.24) is 19.8 Å². The van der Waals surface area contributed by atoms with Crippen molar-refractivity contribution in [3.8, 4) is 0 Å². The van der Waals surface area contributed by atoms with Crippen LogP contribution in [0.3, 0.4) is 0 Å². The molecule has 0 bridgehead atoms. The molecule has 31 heavy (non-hydrogen) atoms. The zero-order chi connectivity index (χ0) is 21.4. The fraction of sp³-hybridized carbons (Fsp3) is 0.720. The van der Waals surface area contributed by atoms with Gasteiger partial charge in [-0.25, -0.2) is 0 Å². The largest absolute Gasteiger partial charge is 0.361 e. The predicted molar refractivity (Wildman–Crippen MR) is 119 cm³/mol. The zero-order valence-electron chi connectivity index (χ0n) is 19.1. The highest BCUT2D eigenvalue weighted by molar-refractivity contribution is 5.80. The monoisotopic (exact) mass is 424 g/mol. The van der Waals surface area contributed by atoms with Gasteiger partial charge in [-0.2, -0.15) is 5.10 Å². The number of fused-ring (bicyclic) bond motifs is 1. The highest BCUT2D eigenvalue weighted by atomic mass is 16.5. The van der Waals surface area contributed by atoms with Crippen LogP contribution in [0.1, 0.15) is 68.9 Å². The van der Waals surface area contributed by atoms with Gasteiger partial charge >= 0.3 is 0 Å². The van der Waals surface area contributed by atoms with Crippen molar-refractivity contribution in [3.63, 3.8) is 0 Å². The molecule has 0 unspecified atom stereocenters. The lowest BCUT2D eigenvalue weighted by Crippen LogP contribution is -2.29. The average Bonchev–Trinajstić information content (AvgIpc) is 3.17. The highest BCUT2D eigenvalue weighted by Crippen LogP contribution is 2.58. The van der Waals surface area contributed by atoms with Crippen LogP contribution in [0.25, 0.3) is 0 Å². The van der Waals surface area contributed by atoms with Gasteiger partial charge in [0.25, 0.3) is 0 Å². The van der Waals surface area contributed by atoms with E-state index in [0.717, 1.165) is 42.5 Å². The van der Waals surface area contributed by atoms with Crippen molar-refractivity contribution in [2.45, 2.75) is 70.1 Å². The Balaban J connectivity index is 1.02. The second-order valence-corrected chi connectivity index (χ2v) is 10.4. The molecule has 2 atom stereocenters. The molecule has 2 saturated carbocycles. The second-order valence-electron chi connectivity index (χ2n) is 10.4. The van der Waals surface area contributed by atoms with Crippen LogP contribution in [-0.2, 0) is 30.1 Å². The number of piperidine rings is 1. The summed E-state index contributed by atoms with van der Waals surface area (Å²) in [6.45, 7) is 5.72. The van der Waals surface area contributed by atoms with E-state index in [-0.39, 0.29) is 0 Å². The molecule has 3 aliphatic rings. The topological polar surface area (TPSA) is 64.2 Å². The van der Waals surface area contributed by atoms with Crippen LogP contribution in [0.5, 0.6) is 0 Å². The summed E-state index contributed by atoms with van der Waals surface area (Å²) in [6, 6.07) is 2.19. The predicted octanol–water partition coefficient (Wildman–Crippen LogP) is 3.94. The third-order valence-corrected chi connectivity index (χ3v) is 8.13. The molecule has 1 aliphatic heterocycles. The molecule has 0 radical (unpaired) electrons. The molecule has 5 rings (SSSR count). The van der Waals surface area contributed by atoms with Crippen molar-refractivity contribution >= 4 is 5.78 Å². The van der Waals surface area contributed by atoms with E-state index in [4.69, 9.17) is 4.52 Å². The van der Waals surface area contributed by atoms with E-state index in [9.17, 15) is 4.79 Å². The maximum absolute atomic E-state index is 12.4. The summed E-state index contributed by atoms with van der Waals surface area (Å²) < 4.78 is 7.25. The Bertz CT molecular complexity index is 910. The second kappa shape index (κ2) is 8.53. The minimum Gasteiger partial charge on any atom is -0.361 e. The first-order valence-corrected chi connectivity index (χ1v) is 12.2. The van der Waals surface area contributed by atoms with E-state index in [0.29, 0.717) is 23.5 Å². The number of hydrogen-bond donors (Lipinski definition) is 0. The first-order valence-electron chi connectivity index (χ1n) is 12.2. The number of likely N-dealkylation sites (tertiary alicyclic amines) is 1. The molecule has 0 spiro atoms. The van der Waals surface area contributed by atoms with Crippen LogP contribution in [0.4, 0.5) is 0 Å². The summed E-state index contributed by atoms with van der Waals surface area (Å²) in [7, 11) is 1.90. The average molecular weight is 425 g/mol. The van der Waals surface area contributed by atoms with Crippen LogP contribution in [-0.4, -0.2) is 45.3 Å². The molecule has 1 saturated heterocycles. The number of carbonyl (C=O) groups is 1. The molecule has 3 heterocycles. The Morgan fingerprint density at radius 3 is 2.77 bits per heavy atom. The quantitative estimate of drug-likeness (QED) is 0.610. The van der Waals surface area contributed by atoms with Gasteiger partial charge in [-0.05, 0) is 55.5 Å². The third-order valence-electron chi connectivity index (χ3n) is 8.13. The Kier molecular flexibility index (Phi) is 5.76. The maximum atomic E-state index is 12.4. The highest BCUT2D eigenvalue weighted by Gasteiger charge is 2.62. The standard InChI is InChI=1S/C25H36N4O2/c1-3-23-12-24(27-31-23)25-13-21(25)16-29(17-25)9-8-18-4-6-19(7-5-18)10-22(30)11-20-14-26-28(2)15-20/h12,14-15,18-19,21H,3-11,13,16-17H2,1-2H3/t18?,19?,21-,25-/m0/s1. The number of carbonyl (C=O) groups excluding carboxylic acids is 1. The van der Waals surface area contributed by atoms with E-state index >= 15 is 0 Å². The Labute approximate surface area is 185 Å². The molecule has 6 nitrogen and oxygen atoms in total. The van der Waals surface area contributed by atoms with Crippen LogP contribution >= 0.6 is 0 Å². The van der Waals surface area contributed by atoms with Crippen LogP contribution in [0.2, 0.25) is 0 Å². The minimum absolute atomic E-state index is 0.295. The Morgan fingerprint density at radius 2 is 2.06 bits per heavy atom. The van der Waals surface area contributed by atoms with Gasteiger partial charge in [0.05, 0.1) is 11.9 Å².